The lowest BCUT2D eigenvalue weighted by Gasteiger charge is -2.26. The van der Waals surface area contributed by atoms with Gasteiger partial charge in [0.2, 0.25) is 0 Å². The van der Waals surface area contributed by atoms with E-state index in [4.69, 9.17) is 16.3 Å². The van der Waals surface area contributed by atoms with Gasteiger partial charge in [-0.25, -0.2) is 9.79 Å². The van der Waals surface area contributed by atoms with Crippen LogP contribution in [0, 0.1) is 0 Å². The van der Waals surface area contributed by atoms with Crippen molar-refractivity contribution in [3.05, 3.63) is 92.5 Å². The van der Waals surface area contributed by atoms with E-state index in [0.29, 0.717) is 19.5 Å². The molecule has 3 aromatic rings. The Morgan fingerprint density at radius 2 is 1.86 bits per heavy atom. The van der Waals surface area contributed by atoms with Gasteiger partial charge in [0, 0.05) is 5.02 Å². The molecular weight excluding hydrogens is 653 g/mol. The average molecular weight is 667 g/mol. The molecule has 0 radical (unpaired) electrons. The standard InChI is InChI=1S/C23H14Br2ClF3N2O4S/c1-2-35-21(34)16-17(11-3-5-12(26)6-4-11)31-20(33)15(36-22(31)30-19(16)23(27,28)29)9-10-7-13(24)18(32)14(25)8-10/h3-9,17,32H,2H2,1H3/b15-9-/t17-/m1/s1. The van der Waals surface area contributed by atoms with Gasteiger partial charge >= 0.3 is 12.1 Å². The Bertz CT molecular complexity index is 1560. The number of fused-ring (bicyclic) bond motifs is 1. The lowest BCUT2D eigenvalue weighted by atomic mass is 9.95. The van der Waals surface area contributed by atoms with Gasteiger partial charge in [0.05, 0.1) is 31.7 Å². The van der Waals surface area contributed by atoms with E-state index >= 15 is 0 Å². The average Bonchev–Trinajstić information content (AvgIpc) is 3.11. The summed E-state index contributed by atoms with van der Waals surface area (Å²) >= 11 is 13.1. The van der Waals surface area contributed by atoms with Gasteiger partial charge in [-0.3, -0.25) is 9.36 Å². The van der Waals surface area contributed by atoms with Gasteiger partial charge in [-0.1, -0.05) is 35.1 Å². The number of hydrogen-bond donors (Lipinski definition) is 1. The van der Waals surface area contributed by atoms with Gasteiger partial charge in [-0.05, 0) is 80.3 Å². The summed E-state index contributed by atoms with van der Waals surface area (Å²) in [5, 5.41) is 10.3. The highest BCUT2D eigenvalue weighted by Crippen LogP contribution is 2.38. The van der Waals surface area contributed by atoms with Gasteiger partial charge in [0.1, 0.15) is 5.75 Å². The number of benzene rings is 2. The van der Waals surface area contributed by atoms with Crippen LogP contribution in [0.25, 0.3) is 6.08 Å². The van der Waals surface area contributed by atoms with Crippen molar-refractivity contribution in [2.24, 2.45) is 4.99 Å². The normalized spacial score (nSPS) is 16.1. The van der Waals surface area contributed by atoms with Crippen LogP contribution in [0.15, 0.2) is 66.4 Å². The van der Waals surface area contributed by atoms with Crippen molar-refractivity contribution in [3.63, 3.8) is 0 Å². The summed E-state index contributed by atoms with van der Waals surface area (Å²) in [6.07, 6.45) is -3.53. The zero-order valence-electron chi connectivity index (χ0n) is 18.1. The number of esters is 1. The Balaban J connectivity index is 2.05. The number of ether oxygens (including phenoxy) is 1. The number of nitrogens with zero attached hydrogens (tertiary/aromatic N) is 2. The van der Waals surface area contributed by atoms with Gasteiger partial charge in [0.15, 0.2) is 10.5 Å². The van der Waals surface area contributed by atoms with Crippen LogP contribution in [0.3, 0.4) is 0 Å². The number of allylic oxidation sites excluding steroid dienone is 1. The lowest BCUT2D eigenvalue weighted by Crippen LogP contribution is -2.41. The third-order valence-corrected chi connectivity index (χ3v) is 7.56. The molecule has 0 saturated carbocycles. The lowest BCUT2D eigenvalue weighted by molar-refractivity contribution is -0.140. The maximum Gasteiger partial charge on any atom is 0.434 e. The molecule has 1 aliphatic heterocycles. The molecule has 2 aromatic carbocycles. The number of aromatic nitrogens is 1. The number of thiazole rings is 1. The first kappa shape index (κ1) is 26.6. The predicted molar refractivity (Wildman–Crippen MR) is 136 cm³/mol. The molecule has 1 aromatic heterocycles. The molecule has 0 spiro atoms. The van der Waals surface area contributed by atoms with Crippen LogP contribution in [0.2, 0.25) is 5.02 Å². The maximum absolute atomic E-state index is 14.1. The van der Waals surface area contributed by atoms with Crippen LogP contribution in [0.4, 0.5) is 13.2 Å². The number of phenolic OH excluding ortho intramolecular Hbond substituents is 1. The first-order valence-corrected chi connectivity index (χ1v) is 12.9. The first-order chi connectivity index (χ1) is 16.9. The molecule has 0 aliphatic carbocycles. The first-order valence-electron chi connectivity index (χ1n) is 10.2. The summed E-state index contributed by atoms with van der Waals surface area (Å²) in [6, 6.07) is 7.42. The van der Waals surface area contributed by atoms with Crippen molar-refractivity contribution < 1.29 is 27.8 Å². The summed E-state index contributed by atoms with van der Waals surface area (Å²) in [4.78, 5) is 29.8. The van der Waals surface area contributed by atoms with Crippen molar-refractivity contribution in [1.29, 1.82) is 0 Å². The molecule has 0 amide bonds. The van der Waals surface area contributed by atoms with Crippen LogP contribution in [0.5, 0.6) is 5.75 Å². The van der Waals surface area contributed by atoms with Crippen molar-refractivity contribution >= 4 is 66.8 Å². The Labute approximate surface area is 227 Å². The molecule has 1 N–H and O–H groups in total. The summed E-state index contributed by atoms with van der Waals surface area (Å²) in [6.45, 7) is 1.29. The van der Waals surface area contributed by atoms with Crippen LogP contribution < -0.4 is 14.9 Å². The number of carbonyl (C=O) groups is 1. The highest BCUT2D eigenvalue weighted by atomic mass is 79.9. The molecule has 0 unspecified atom stereocenters. The highest BCUT2D eigenvalue weighted by molar-refractivity contribution is 9.11. The molecule has 6 nitrogen and oxygen atoms in total. The van der Waals surface area contributed by atoms with Crippen LogP contribution in [-0.2, 0) is 9.53 Å². The fourth-order valence-electron chi connectivity index (χ4n) is 3.62. The van der Waals surface area contributed by atoms with Crippen LogP contribution >= 0.6 is 54.8 Å². The number of rotatable bonds is 4. The molecule has 36 heavy (non-hydrogen) atoms. The molecule has 0 saturated heterocycles. The number of alkyl halides is 3. The summed E-state index contributed by atoms with van der Waals surface area (Å²) in [5.41, 5.74) is -2.16. The SMILES string of the molecule is CCOC(=O)C1=C(C(F)(F)F)N=c2s/c(=C\c3cc(Br)c(O)c(Br)c3)c(=O)n2[C@@H]1c1ccc(Cl)cc1. The van der Waals surface area contributed by atoms with Gasteiger partial charge in [0.25, 0.3) is 5.56 Å². The minimum atomic E-state index is -4.99. The Morgan fingerprint density at radius 1 is 1.25 bits per heavy atom. The van der Waals surface area contributed by atoms with Crippen molar-refractivity contribution in [2.45, 2.75) is 19.1 Å². The minimum absolute atomic E-state index is 0.0507. The third-order valence-electron chi connectivity index (χ3n) is 5.12. The molecular formula is C23H14Br2ClF3N2O4S. The third kappa shape index (κ3) is 5.04. The zero-order valence-corrected chi connectivity index (χ0v) is 22.8. The second-order valence-corrected chi connectivity index (χ2v) is 10.6. The number of phenols is 1. The van der Waals surface area contributed by atoms with E-state index in [1.807, 2.05) is 0 Å². The fraction of sp³-hybridized carbons (Fsp3) is 0.174. The van der Waals surface area contributed by atoms with E-state index in [-0.39, 0.29) is 27.3 Å². The Hall–Kier alpha value is -2.41. The van der Waals surface area contributed by atoms with Gasteiger partial charge < -0.3 is 9.84 Å². The summed E-state index contributed by atoms with van der Waals surface area (Å²) < 4.78 is 49.1. The quantitative estimate of drug-likeness (QED) is 0.388. The van der Waals surface area contributed by atoms with E-state index in [2.05, 4.69) is 36.9 Å². The monoisotopic (exact) mass is 664 g/mol. The molecule has 0 bridgehead atoms. The van der Waals surface area contributed by atoms with Crippen molar-refractivity contribution in [2.75, 3.05) is 6.61 Å². The van der Waals surface area contributed by atoms with E-state index in [1.165, 1.54) is 37.3 Å². The molecule has 188 valence electrons. The Morgan fingerprint density at radius 3 is 2.42 bits per heavy atom. The number of aromatic hydroxyl groups is 1. The largest absolute Gasteiger partial charge is 0.506 e. The maximum atomic E-state index is 14.1. The fourth-order valence-corrected chi connectivity index (χ4v) is 5.97. The van der Waals surface area contributed by atoms with Crippen molar-refractivity contribution in [3.8, 4) is 5.75 Å². The highest BCUT2D eigenvalue weighted by Gasteiger charge is 2.45. The minimum Gasteiger partial charge on any atom is -0.506 e. The zero-order chi connectivity index (χ0) is 26.4. The van der Waals surface area contributed by atoms with Gasteiger partial charge in [-0.2, -0.15) is 13.2 Å². The summed E-state index contributed by atoms with van der Waals surface area (Å²) in [7, 11) is 0. The van der Waals surface area contributed by atoms with Crippen LogP contribution in [0.1, 0.15) is 24.1 Å². The number of halogens is 6. The number of carbonyl (C=O) groups excluding carboxylic acids is 1. The molecule has 2 heterocycles. The van der Waals surface area contributed by atoms with E-state index in [9.17, 15) is 27.9 Å². The second kappa shape index (κ2) is 10.2. The van der Waals surface area contributed by atoms with E-state index < -0.39 is 35.0 Å². The predicted octanol–water partition coefficient (Wildman–Crippen LogP) is 5.22. The molecule has 1 aliphatic rings. The topological polar surface area (TPSA) is 80.9 Å². The van der Waals surface area contributed by atoms with E-state index in [0.717, 1.165) is 15.9 Å². The smallest absolute Gasteiger partial charge is 0.434 e. The molecule has 13 heteroatoms. The molecule has 0 fully saturated rings. The van der Waals surface area contributed by atoms with E-state index in [1.54, 1.807) is 12.1 Å². The second-order valence-electron chi connectivity index (χ2n) is 7.45. The Kier molecular flexibility index (Phi) is 7.52. The molecule has 1 atom stereocenters. The summed E-state index contributed by atoms with van der Waals surface area (Å²) in [5.74, 6) is -1.28. The van der Waals surface area contributed by atoms with Crippen molar-refractivity contribution in [1.82, 2.24) is 4.57 Å². The number of hydrogen-bond acceptors (Lipinski definition) is 6. The molecule has 4 rings (SSSR count). The van der Waals surface area contributed by atoms with Gasteiger partial charge in [-0.15, -0.1) is 0 Å². The van der Waals surface area contributed by atoms with Crippen LogP contribution in [-0.4, -0.2) is 28.4 Å².